The Morgan fingerprint density at radius 3 is 2.79 bits per heavy atom. The zero-order valence-corrected chi connectivity index (χ0v) is 14.2. The van der Waals surface area contributed by atoms with Crippen molar-refractivity contribution in [2.45, 2.75) is 32.7 Å². The largest absolute Gasteiger partial charge is 0.367 e. The number of anilines is 1. The predicted molar refractivity (Wildman–Crippen MR) is 95.0 cm³/mol. The van der Waals surface area contributed by atoms with Gasteiger partial charge in [-0.3, -0.25) is 4.79 Å². The molecule has 0 aromatic heterocycles. The van der Waals surface area contributed by atoms with Crippen molar-refractivity contribution in [3.63, 3.8) is 0 Å². The second-order valence-corrected chi connectivity index (χ2v) is 6.53. The Morgan fingerprint density at radius 1 is 1.21 bits per heavy atom. The van der Waals surface area contributed by atoms with E-state index < -0.39 is 0 Å². The molecular formula is C20H23FN2O. The van der Waals surface area contributed by atoms with E-state index >= 15 is 0 Å². The number of amides is 1. The number of carbonyl (C=O) groups excluding carboxylic acids is 1. The van der Waals surface area contributed by atoms with Crippen LogP contribution in [0.1, 0.15) is 34.3 Å². The van der Waals surface area contributed by atoms with Crippen LogP contribution in [-0.2, 0) is 0 Å². The summed E-state index contributed by atoms with van der Waals surface area (Å²) in [7, 11) is 0. The molecule has 1 saturated heterocycles. The number of aryl methyl sites for hydroxylation is 2. The number of halogens is 1. The number of nitrogens with zero attached hydrogens (tertiary/aromatic N) is 1. The maximum atomic E-state index is 14.1. The van der Waals surface area contributed by atoms with Crippen molar-refractivity contribution in [1.29, 1.82) is 0 Å². The maximum absolute atomic E-state index is 14.1. The average molecular weight is 326 g/mol. The molecule has 4 heteroatoms. The Bertz CT molecular complexity index is 744. The first-order chi connectivity index (χ1) is 11.5. The molecule has 1 fully saturated rings. The summed E-state index contributed by atoms with van der Waals surface area (Å²) in [6.45, 7) is 5.35. The molecule has 1 unspecified atom stereocenters. The minimum Gasteiger partial charge on any atom is -0.367 e. The van der Waals surface area contributed by atoms with E-state index in [1.54, 1.807) is 6.07 Å². The number of benzene rings is 2. The molecule has 0 spiro atoms. The molecule has 1 atom stereocenters. The zero-order valence-electron chi connectivity index (χ0n) is 14.2. The van der Waals surface area contributed by atoms with Gasteiger partial charge in [0.1, 0.15) is 5.82 Å². The van der Waals surface area contributed by atoms with Gasteiger partial charge in [0.2, 0.25) is 0 Å². The third-order valence-electron chi connectivity index (χ3n) is 4.59. The van der Waals surface area contributed by atoms with Crippen LogP contribution in [0.4, 0.5) is 10.1 Å². The molecule has 0 aliphatic carbocycles. The fourth-order valence-corrected chi connectivity index (χ4v) is 3.27. The van der Waals surface area contributed by atoms with E-state index in [1.165, 1.54) is 6.07 Å². The third kappa shape index (κ3) is 3.58. The molecule has 2 aromatic rings. The average Bonchev–Trinajstić information content (AvgIpc) is 2.57. The predicted octanol–water partition coefficient (Wildman–Crippen LogP) is 3.84. The molecule has 2 aromatic carbocycles. The number of nitrogens with one attached hydrogen (secondary N) is 1. The lowest BCUT2D eigenvalue weighted by atomic mass is 10.0. The van der Waals surface area contributed by atoms with Gasteiger partial charge in [-0.05, 0) is 56.0 Å². The summed E-state index contributed by atoms with van der Waals surface area (Å²) in [5.74, 6) is -0.254. The normalized spacial score (nSPS) is 17.6. The van der Waals surface area contributed by atoms with Crippen LogP contribution in [0.15, 0.2) is 42.5 Å². The molecule has 0 saturated carbocycles. The van der Waals surface area contributed by atoms with Gasteiger partial charge in [0.25, 0.3) is 5.91 Å². The molecule has 0 radical (unpaired) electrons. The van der Waals surface area contributed by atoms with Gasteiger partial charge in [-0.2, -0.15) is 0 Å². The van der Waals surface area contributed by atoms with Gasteiger partial charge in [-0.15, -0.1) is 0 Å². The summed E-state index contributed by atoms with van der Waals surface area (Å²) in [5.41, 5.74) is 3.34. The third-order valence-corrected chi connectivity index (χ3v) is 4.59. The summed E-state index contributed by atoms with van der Waals surface area (Å²) >= 11 is 0. The summed E-state index contributed by atoms with van der Waals surface area (Å²) < 4.78 is 14.1. The van der Waals surface area contributed by atoms with Crippen LogP contribution < -0.4 is 10.2 Å². The highest BCUT2D eigenvalue weighted by Crippen LogP contribution is 2.24. The second kappa shape index (κ2) is 7.04. The van der Waals surface area contributed by atoms with Gasteiger partial charge in [0.15, 0.2) is 0 Å². The Labute approximate surface area is 142 Å². The van der Waals surface area contributed by atoms with E-state index in [9.17, 15) is 9.18 Å². The highest BCUT2D eigenvalue weighted by Gasteiger charge is 2.24. The monoisotopic (exact) mass is 326 g/mol. The van der Waals surface area contributed by atoms with Crippen molar-refractivity contribution >= 4 is 11.6 Å². The van der Waals surface area contributed by atoms with E-state index in [1.807, 2.05) is 49.1 Å². The van der Waals surface area contributed by atoms with Crippen molar-refractivity contribution in [2.75, 3.05) is 18.0 Å². The molecule has 1 N–H and O–H groups in total. The summed E-state index contributed by atoms with van der Waals surface area (Å²) in [6.07, 6.45) is 1.85. The topological polar surface area (TPSA) is 32.3 Å². The lowest BCUT2D eigenvalue weighted by Gasteiger charge is -2.35. The van der Waals surface area contributed by atoms with Crippen molar-refractivity contribution < 1.29 is 9.18 Å². The molecule has 3 rings (SSSR count). The zero-order chi connectivity index (χ0) is 17.1. The number of rotatable bonds is 3. The van der Waals surface area contributed by atoms with E-state index in [0.29, 0.717) is 17.8 Å². The first-order valence-corrected chi connectivity index (χ1v) is 8.42. The molecule has 1 heterocycles. The Morgan fingerprint density at radius 2 is 2.00 bits per heavy atom. The van der Waals surface area contributed by atoms with E-state index in [2.05, 4.69) is 5.32 Å². The first kappa shape index (κ1) is 16.5. The van der Waals surface area contributed by atoms with Crippen molar-refractivity contribution in [1.82, 2.24) is 5.32 Å². The maximum Gasteiger partial charge on any atom is 0.251 e. The van der Waals surface area contributed by atoms with Gasteiger partial charge in [0, 0.05) is 24.7 Å². The number of hydrogen-bond donors (Lipinski definition) is 1. The smallest absolute Gasteiger partial charge is 0.251 e. The Kier molecular flexibility index (Phi) is 4.84. The lowest BCUT2D eigenvalue weighted by molar-refractivity contribution is 0.0932. The van der Waals surface area contributed by atoms with Crippen LogP contribution in [0.25, 0.3) is 0 Å². The van der Waals surface area contributed by atoms with E-state index in [4.69, 9.17) is 0 Å². The molecule has 3 nitrogen and oxygen atoms in total. The first-order valence-electron chi connectivity index (χ1n) is 8.42. The van der Waals surface area contributed by atoms with Crippen LogP contribution in [0.5, 0.6) is 0 Å². The number of carbonyl (C=O) groups is 1. The quantitative estimate of drug-likeness (QED) is 0.929. The number of hydrogen-bond acceptors (Lipinski definition) is 2. The minimum absolute atomic E-state index is 0.0331. The Hall–Kier alpha value is -2.36. The van der Waals surface area contributed by atoms with Crippen molar-refractivity contribution in [3.05, 3.63) is 65.0 Å². The summed E-state index contributed by atoms with van der Waals surface area (Å²) in [5, 5.41) is 3.11. The van der Waals surface area contributed by atoms with Gasteiger partial charge < -0.3 is 10.2 Å². The van der Waals surface area contributed by atoms with Gasteiger partial charge in [-0.1, -0.05) is 24.3 Å². The van der Waals surface area contributed by atoms with Gasteiger partial charge in [0.05, 0.1) is 5.69 Å². The molecular weight excluding hydrogens is 303 g/mol. The van der Waals surface area contributed by atoms with Crippen LogP contribution in [0.2, 0.25) is 0 Å². The van der Waals surface area contributed by atoms with Crippen LogP contribution >= 0.6 is 0 Å². The lowest BCUT2D eigenvalue weighted by Crippen LogP contribution is -2.48. The van der Waals surface area contributed by atoms with Gasteiger partial charge in [-0.25, -0.2) is 4.39 Å². The molecule has 1 aliphatic heterocycles. The molecule has 1 aliphatic rings. The van der Waals surface area contributed by atoms with E-state index in [0.717, 1.165) is 30.5 Å². The fourth-order valence-electron chi connectivity index (χ4n) is 3.27. The second-order valence-electron chi connectivity index (χ2n) is 6.53. The van der Waals surface area contributed by atoms with E-state index in [-0.39, 0.29) is 17.8 Å². The molecule has 1 amide bonds. The Balaban J connectivity index is 1.71. The van der Waals surface area contributed by atoms with Crippen molar-refractivity contribution in [2.24, 2.45) is 0 Å². The number of piperidine rings is 1. The standard InChI is InChI=1S/C20H23FN2O/c1-14-9-10-18(21)19(12-14)23-11-5-7-16(13-23)22-20(24)17-8-4-3-6-15(17)2/h3-4,6,8-10,12,16H,5,7,11,13H2,1-2H3,(H,22,24). The van der Waals surface area contributed by atoms with Crippen molar-refractivity contribution in [3.8, 4) is 0 Å². The molecule has 0 bridgehead atoms. The minimum atomic E-state index is -0.202. The highest BCUT2D eigenvalue weighted by molar-refractivity contribution is 5.95. The van der Waals surface area contributed by atoms with Gasteiger partial charge >= 0.3 is 0 Å². The summed E-state index contributed by atoms with van der Waals surface area (Å²) in [4.78, 5) is 14.5. The molecule has 126 valence electrons. The van der Waals surface area contributed by atoms with Crippen LogP contribution in [0, 0.1) is 19.7 Å². The molecule has 24 heavy (non-hydrogen) atoms. The van der Waals surface area contributed by atoms with Crippen LogP contribution in [-0.4, -0.2) is 25.0 Å². The fraction of sp³-hybridized carbons (Fsp3) is 0.350. The summed E-state index contributed by atoms with van der Waals surface area (Å²) in [6, 6.07) is 12.8. The van der Waals surface area contributed by atoms with Crippen LogP contribution in [0.3, 0.4) is 0 Å². The highest BCUT2D eigenvalue weighted by atomic mass is 19.1. The SMILES string of the molecule is Cc1ccc(F)c(N2CCCC(NC(=O)c3ccccc3C)C2)c1.